The van der Waals surface area contributed by atoms with Crippen molar-refractivity contribution >= 4 is 11.9 Å². The first-order valence-corrected chi connectivity index (χ1v) is 8.56. The van der Waals surface area contributed by atoms with E-state index in [4.69, 9.17) is 15.1 Å². The van der Waals surface area contributed by atoms with Crippen LogP contribution in [0.4, 0.5) is 0 Å². The molecule has 0 aromatic heterocycles. The highest BCUT2D eigenvalue weighted by atomic mass is 16.5. The minimum absolute atomic E-state index is 0.114. The monoisotopic (exact) mass is 372 g/mol. The zero-order valence-electron chi connectivity index (χ0n) is 15.4. The second-order valence-corrected chi connectivity index (χ2v) is 6.62. The third-order valence-electron chi connectivity index (χ3n) is 4.32. The summed E-state index contributed by atoms with van der Waals surface area (Å²) >= 11 is 0. The minimum atomic E-state index is -1.08. The number of rotatable bonds is 9. The molecule has 0 saturated carbocycles. The van der Waals surface area contributed by atoms with E-state index in [1.165, 1.54) is 0 Å². The van der Waals surface area contributed by atoms with E-state index in [1.807, 2.05) is 54.6 Å². The maximum Gasteiger partial charge on any atom is 0.304 e. The number of nitrogens with one attached hydrogen (secondary N) is 1. The summed E-state index contributed by atoms with van der Waals surface area (Å²) in [7, 11) is 0. The first kappa shape index (κ1) is 20.4. The van der Waals surface area contributed by atoms with Crippen LogP contribution in [0.2, 0.25) is 0 Å². The van der Waals surface area contributed by atoms with Gasteiger partial charge in [-0.1, -0.05) is 30.3 Å². The van der Waals surface area contributed by atoms with Gasteiger partial charge in [-0.05, 0) is 43.7 Å². The number of hydrogen-bond acceptors (Lipinski definition) is 5. The lowest BCUT2D eigenvalue weighted by molar-refractivity contribution is -0.143. The fourth-order valence-corrected chi connectivity index (χ4v) is 2.58. The Morgan fingerprint density at radius 2 is 1.63 bits per heavy atom. The molecule has 0 aliphatic heterocycles. The van der Waals surface area contributed by atoms with Crippen molar-refractivity contribution in [3.8, 4) is 11.5 Å². The molecule has 144 valence electrons. The summed E-state index contributed by atoms with van der Waals surface area (Å²) in [6.45, 7) is 3.78. The van der Waals surface area contributed by atoms with Crippen LogP contribution in [-0.2, 0) is 16.1 Å². The average Bonchev–Trinajstić information content (AvgIpc) is 2.66. The molecule has 0 radical (unpaired) electrons. The number of ether oxygens (including phenoxy) is 1. The normalized spacial score (nSPS) is 11.3. The molecule has 0 unspecified atom stereocenters. The molecule has 2 rings (SSSR count). The molecule has 1 amide bonds. The van der Waals surface area contributed by atoms with Crippen molar-refractivity contribution in [3.05, 3.63) is 60.2 Å². The van der Waals surface area contributed by atoms with Crippen molar-refractivity contribution < 1.29 is 24.6 Å². The standard InChI is InChI=1S/C20H24N2O5/c1-20(2,19(25)21-26)22(13-12-18(23)24)14-15-8-10-17(11-9-15)27-16-6-4-3-5-7-16/h3-11,26H,12-14H2,1-2H3,(H,21,25)(H,23,24). The Hall–Kier alpha value is -2.90. The molecule has 2 aromatic rings. The molecule has 0 aliphatic rings. The highest BCUT2D eigenvalue weighted by Gasteiger charge is 2.34. The van der Waals surface area contributed by atoms with Crippen LogP contribution in [-0.4, -0.2) is 39.2 Å². The zero-order valence-corrected chi connectivity index (χ0v) is 15.4. The van der Waals surface area contributed by atoms with Crippen molar-refractivity contribution in [1.29, 1.82) is 0 Å². The number of carbonyl (C=O) groups is 2. The van der Waals surface area contributed by atoms with E-state index in [-0.39, 0.29) is 13.0 Å². The van der Waals surface area contributed by atoms with Crippen LogP contribution in [0.5, 0.6) is 11.5 Å². The molecular weight excluding hydrogens is 348 g/mol. The Bertz CT molecular complexity index is 760. The molecule has 0 heterocycles. The predicted molar refractivity (Wildman–Crippen MR) is 99.6 cm³/mol. The number of carbonyl (C=O) groups excluding carboxylic acids is 1. The molecular formula is C20H24N2O5. The van der Waals surface area contributed by atoms with E-state index >= 15 is 0 Å². The minimum Gasteiger partial charge on any atom is -0.481 e. The fourth-order valence-electron chi connectivity index (χ4n) is 2.58. The van der Waals surface area contributed by atoms with Gasteiger partial charge in [0.25, 0.3) is 5.91 Å². The van der Waals surface area contributed by atoms with Gasteiger partial charge in [-0.25, -0.2) is 5.48 Å². The van der Waals surface area contributed by atoms with Crippen LogP contribution in [0.3, 0.4) is 0 Å². The first-order chi connectivity index (χ1) is 12.8. The summed E-state index contributed by atoms with van der Waals surface area (Å²) < 4.78 is 5.75. The van der Waals surface area contributed by atoms with Gasteiger partial charge in [-0.3, -0.25) is 19.7 Å². The van der Waals surface area contributed by atoms with Crippen LogP contribution in [0.1, 0.15) is 25.8 Å². The van der Waals surface area contributed by atoms with Gasteiger partial charge >= 0.3 is 5.97 Å². The highest BCUT2D eigenvalue weighted by molar-refractivity contribution is 5.84. The fraction of sp³-hybridized carbons (Fsp3) is 0.300. The number of amides is 1. The molecule has 0 aliphatic carbocycles. The highest BCUT2D eigenvalue weighted by Crippen LogP contribution is 2.23. The number of benzene rings is 2. The predicted octanol–water partition coefficient (Wildman–Crippen LogP) is 3.04. The van der Waals surface area contributed by atoms with Crippen molar-refractivity contribution in [2.24, 2.45) is 0 Å². The lowest BCUT2D eigenvalue weighted by Gasteiger charge is -2.36. The molecule has 0 atom stereocenters. The zero-order chi connectivity index (χ0) is 19.9. The molecule has 3 N–H and O–H groups in total. The molecule has 2 aromatic carbocycles. The molecule has 7 nitrogen and oxygen atoms in total. The van der Waals surface area contributed by atoms with Gasteiger partial charge in [0.1, 0.15) is 11.5 Å². The number of hydroxylamine groups is 1. The Morgan fingerprint density at radius 3 is 2.19 bits per heavy atom. The third kappa shape index (κ3) is 5.80. The van der Waals surface area contributed by atoms with Crippen LogP contribution < -0.4 is 10.2 Å². The summed E-state index contributed by atoms with van der Waals surface area (Å²) in [6.07, 6.45) is -0.114. The number of aliphatic carboxylic acids is 1. The smallest absolute Gasteiger partial charge is 0.304 e. The topological polar surface area (TPSA) is 99.1 Å². The van der Waals surface area contributed by atoms with E-state index in [0.29, 0.717) is 12.3 Å². The molecule has 0 bridgehead atoms. The third-order valence-corrected chi connectivity index (χ3v) is 4.32. The van der Waals surface area contributed by atoms with Gasteiger partial charge in [0.05, 0.1) is 12.0 Å². The van der Waals surface area contributed by atoms with Gasteiger partial charge in [-0.2, -0.15) is 0 Å². The molecule has 7 heteroatoms. The van der Waals surface area contributed by atoms with E-state index in [1.54, 1.807) is 24.2 Å². The Balaban J connectivity index is 2.11. The van der Waals surface area contributed by atoms with Gasteiger partial charge in [-0.15, -0.1) is 0 Å². The Morgan fingerprint density at radius 1 is 1.04 bits per heavy atom. The number of carboxylic acids is 1. The van der Waals surface area contributed by atoms with Crippen LogP contribution in [0.25, 0.3) is 0 Å². The number of nitrogens with zero attached hydrogens (tertiary/aromatic N) is 1. The van der Waals surface area contributed by atoms with Gasteiger partial charge < -0.3 is 9.84 Å². The van der Waals surface area contributed by atoms with Crippen LogP contribution in [0, 0.1) is 0 Å². The summed E-state index contributed by atoms with van der Waals surface area (Å²) in [5, 5.41) is 18.0. The first-order valence-electron chi connectivity index (χ1n) is 8.56. The maximum absolute atomic E-state index is 12.0. The van der Waals surface area contributed by atoms with Gasteiger partial charge in [0, 0.05) is 13.1 Å². The van der Waals surface area contributed by atoms with E-state index in [0.717, 1.165) is 11.3 Å². The second kappa shape index (κ2) is 9.16. The molecule has 0 fully saturated rings. The second-order valence-electron chi connectivity index (χ2n) is 6.62. The maximum atomic E-state index is 12.0. The molecule has 0 saturated heterocycles. The Labute approximate surface area is 158 Å². The molecule has 27 heavy (non-hydrogen) atoms. The number of carboxylic acid groups (broad SMARTS) is 1. The van der Waals surface area contributed by atoms with Crippen LogP contribution >= 0.6 is 0 Å². The largest absolute Gasteiger partial charge is 0.481 e. The quantitative estimate of drug-likeness (QED) is 0.462. The summed E-state index contributed by atoms with van der Waals surface area (Å²) in [4.78, 5) is 24.7. The summed E-state index contributed by atoms with van der Waals surface area (Å²) in [6, 6.07) is 16.8. The summed E-state index contributed by atoms with van der Waals surface area (Å²) in [5.74, 6) is -0.146. The van der Waals surface area contributed by atoms with Gasteiger partial charge in [0.15, 0.2) is 0 Å². The van der Waals surface area contributed by atoms with Crippen molar-refractivity contribution in [3.63, 3.8) is 0 Å². The molecule has 0 spiro atoms. The van der Waals surface area contributed by atoms with Crippen molar-refractivity contribution in [1.82, 2.24) is 10.4 Å². The van der Waals surface area contributed by atoms with E-state index < -0.39 is 17.4 Å². The SMILES string of the molecule is CC(C)(C(=O)NO)N(CCC(=O)O)Cc1ccc(Oc2ccccc2)cc1. The van der Waals surface area contributed by atoms with E-state index in [2.05, 4.69) is 0 Å². The summed E-state index contributed by atoms with van der Waals surface area (Å²) in [5.41, 5.74) is 1.46. The van der Waals surface area contributed by atoms with Crippen LogP contribution in [0.15, 0.2) is 54.6 Å². The Kier molecular flexibility index (Phi) is 6.92. The number of hydrogen-bond donors (Lipinski definition) is 3. The van der Waals surface area contributed by atoms with Gasteiger partial charge in [0.2, 0.25) is 0 Å². The lowest BCUT2D eigenvalue weighted by Crippen LogP contribution is -2.54. The van der Waals surface area contributed by atoms with Crippen molar-refractivity contribution in [2.45, 2.75) is 32.4 Å². The lowest BCUT2D eigenvalue weighted by atomic mass is 10.00. The van der Waals surface area contributed by atoms with Crippen molar-refractivity contribution in [2.75, 3.05) is 6.54 Å². The average molecular weight is 372 g/mol. The van der Waals surface area contributed by atoms with E-state index in [9.17, 15) is 9.59 Å². The number of para-hydroxylation sites is 1.